The molecule has 17 heavy (non-hydrogen) atoms. The maximum Gasteiger partial charge on any atom is 0.441 e. The van der Waals surface area contributed by atoms with Crippen LogP contribution in [0.2, 0.25) is 0 Å². The first kappa shape index (κ1) is 13.4. The van der Waals surface area contributed by atoms with Gasteiger partial charge in [-0.05, 0) is 17.8 Å². The lowest BCUT2D eigenvalue weighted by Gasteiger charge is -2.09. The van der Waals surface area contributed by atoms with Crippen LogP contribution in [0.5, 0.6) is 0 Å². The van der Waals surface area contributed by atoms with Crippen molar-refractivity contribution in [3.63, 3.8) is 0 Å². The van der Waals surface area contributed by atoms with Gasteiger partial charge in [-0.2, -0.15) is 18.4 Å². The standard InChI is InChI=1S/C9H9F3N4S/c10-9(11,12)17-2-1-15-8-7(14)3-6(4-13)5-16-8/h3,5H,1-2,14H2,(H,15,16). The van der Waals surface area contributed by atoms with E-state index >= 15 is 0 Å². The Bertz CT molecular complexity index is 427. The zero-order valence-corrected chi connectivity index (χ0v) is 9.40. The van der Waals surface area contributed by atoms with Gasteiger partial charge >= 0.3 is 5.51 Å². The molecule has 0 unspecified atom stereocenters. The van der Waals surface area contributed by atoms with Crippen molar-refractivity contribution in [2.24, 2.45) is 0 Å². The summed E-state index contributed by atoms with van der Waals surface area (Å²) in [6, 6.07) is 3.27. The van der Waals surface area contributed by atoms with Crippen LogP contribution in [0.25, 0.3) is 0 Å². The Morgan fingerprint density at radius 2 is 2.24 bits per heavy atom. The molecule has 1 aromatic rings. The van der Waals surface area contributed by atoms with Crippen LogP contribution < -0.4 is 11.1 Å². The quantitative estimate of drug-likeness (QED) is 0.814. The first-order valence-corrected chi connectivity index (χ1v) is 5.51. The SMILES string of the molecule is N#Cc1cnc(NCCSC(F)(F)F)c(N)c1. The third-order valence-corrected chi connectivity index (χ3v) is 2.44. The average Bonchev–Trinajstić information content (AvgIpc) is 2.24. The topological polar surface area (TPSA) is 74.7 Å². The molecule has 0 aliphatic rings. The van der Waals surface area contributed by atoms with Gasteiger partial charge in [0.15, 0.2) is 0 Å². The molecule has 0 spiro atoms. The first-order chi connectivity index (χ1) is 7.92. The Hall–Kier alpha value is -1.62. The fraction of sp³-hybridized carbons (Fsp3) is 0.333. The fourth-order valence-corrected chi connectivity index (χ4v) is 1.46. The molecule has 8 heteroatoms. The highest BCUT2D eigenvalue weighted by molar-refractivity contribution is 8.00. The van der Waals surface area contributed by atoms with Crippen LogP contribution in [0.3, 0.4) is 0 Å². The van der Waals surface area contributed by atoms with Gasteiger partial charge in [0.1, 0.15) is 11.9 Å². The minimum atomic E-state index is -4.23. The van der Waals surface area contributed by atoms with Gasteiger partial charge in [-0.3, -0.25) is 0 Å². The second-order valence-electron chi connectivity index (χ2n) is 2.99. The Kier molecular flexibility index (Phi) is 4.45. The van der Waals surface area contributed by atoms with Crippen LogP contribution >= 0.6 is 11.8 Å². The van der Waals surface area contributed by atoms with Gasteiger partial charge in [0.25, 0.3) is 0 Å². The molecule has 1 rings (SSSR count). The van der Waals surface area contributed by atoms with E-state index in [2.05, 4.69) is 10.3 Å². The molecule has 3 N–H and O–H groups in total. The molecule has 0 fully saturated rings. The molecule has 0 atom stereocenters. The van der Waals surface area contributed by atoms with Crippen molar-refractivity contribution in [2.75, 3.05) is 23.3 Å². The number of halogens is 3. The number of pyridine rings is 1. The zero-order valence-electron chi connectivity index (χ0n) is 8.58. The van der Waals surface area contributed by atoms with Crippen molar-refractivity contribution in [2.45, 2.75) is 5.51 Å². The summed E-state index contributed by atoms with van der Waals surface area (Å²) in [6.07, 6.45) is 1.30. The summed E-state index contributed by atoms with van der Waals surface area (Å²) in [7, 11) is 0. The van der Waals surface area contributed by atoms with E-state index in [9.17, 15) is 13.2 Å². The summed E-state index contributed by atoms with van der Waals surface area (Å²) < 4.78 is 35.5. The number of aromatic nitrogens is 1. The number of rotatable bonds is 4. The molecule has 0 aliphatic heterocycles. The lowest BCUT2D eigenvalue weighted by Crippen LogP contribution is -2.11. The van der Waals surface area contributed by atoms with Gasteiger partial charge in [0, 0.05) is 18.5 Å². The number of anilines is 2. The molecule has 0 saturated heterocycles. The Balaban J connectivity index is 2.45. The highest BCUT2D eigenvalue weighted by Gasteiger charge is 2.27. The Morgan fingerprint density at radius 1 is 1.53 bits per heavy atom. The van der Waals surface area contributed by atoms with Gasteiger partial charge in [-0.1, -0.05) is 0 Å². The van der Waals surface area contributed by atoms with Crippen molar-refractivity contribution >= 4 is 23.3 Å². The Morgan fingerprint density at radius 3 is 2.76 bits per heavy atom. The molecule has 0 aromatic carbocycles. The predicted molar refractivity (Wildman–Crippen MR) is 60.4 cm³/mol. The highest BCUT2D eigenvalue weighted by atomic mass is 32.2. The normalized spacial score (nSPS) is 10.9. The van der Waals surface area contributed by atoms with Crippen molar-refractivity contribution in [1.29, 1.82) is 5.26 Å². The second kappa shape index (κ2) is 5.63. The monoisotopic (exact) mass is 262 g/mol. The average molecular weight is 262 g/mol. The van der Waals surface area contributed by atoms with Gasteiger partial charge in [0.2, 0.25) is 0 Å². The number of nitrogen functional groups attached to an aromatic ring is 1. The van der Waals surface area contributed by atoms with Crippen LogP contribution in [0.1, 0.15) is 5.56 Å². The fourth-order valence-electron chi connectivity index (χ4n) is 1.03. The van der Waals surface area contributed by atoms with Crippen LogP contribution in [0.4, 0.5) is 24.7 Å². The second-order valence-corrected chi connectivity index (χ2v) is 4.15. The summed E-state index contributed by atoms with van der Waals surface area (Å²) in [5.74, 6) is 0.150. The Labute approximate surface area is 100 Å². The van der Waals surface area contributed by atoms with Gasteiger partial charge in [-0.25, -0.2) is 4.98 Å². The molecule has 1 heterocycles. The van der Waals surface area contributed by atoms with E-state index in [-0.39, 0.29) is 35.6 Å². The van der Waals surface area contributed by atoms with E-state index in [0.717, 1.165) is 0 Å². The van der Waals surface area contributed by atoms with Crippen molar-refractivity contribution in [3.8, 4) is 6.07 Å². The number of nitrogens with zero attached hydrogens (tertiary/aromatic N) is 2. The largest absolute Gasteiger partial charge is 0.441 e. The molecule has 0 amide bonds. The van der Waals surface area contributed by atoms with Crippen molar-refractivity contribution in [3.05, 3.63) is 17.8 Å². The maximum atomic E-state index is 11.8. The maximum absolute atomic E-state index is 11.8. The number of nitrogens with two attached hydrogens (primary N) is 1. The van der Waals surface area contributed by atoms with Gasteiger partial charge < -0.3 is 11.1 Å². The third kappa shape index (κ3) is 4.82. The minimum Gasteiger partial charge on any atom is -0.396 e. The van der Waals surface area contributed by atoms with Crippen molar-refractivity contribution < 1.29 is 13.2 Å². The van der Waals surface area contributed by atoms with Gasteiger partial charge in [-0.15, -0.1) is 0 Å². The van der Waals surface area contributed by atoms with E-state index in [4.69, 9.17) is 11.0 Å². The number of hydrogen-bond acceptors (Lipinski definition) is 5. The molecule has 0 aliphatic carbocycles. The predicted octanol–water partition coefficient (Wildman–Crippen LogP) is 2.20. The van der Waals surface area contributed by atoms with Gasteiger partial charge in [0.05, 0.1) is 11.3 Å². The first-order valence-electron chi connectivity index (χ1n) is 4.52. The third-order valence-electron chi connectivity index (χ3n) is 1.71. The summed E-state index contributed by atoms with van der Waals surface area (Å²) >= 11 is -0.117. The summed E-state index contributed by atoms with van der Waals surface area (Å²) in [6.45, 7) is 0.0906. The summed E-state index contributed by atoms with van der Waals surface area (Å²) in [5, 5.41) is 11.2. The molecule has 92 valence electrons. The molecule has 1 aromatic heterocycles. The van der Waals surface area contributed by atoms with E-state index in [1.807, 2.05) is 6.07 Å². The van der Waals surface area contributed by atoms with E-state index in [1.54, 1.807) is 0 Å². The number of nitrogens with one attached hydrogen (secondary N) is 1. The molecular weight excluding hydrogens is 253 g/mol. The molecule has 0 radical (unpaired) electrons. The number of thioether (sulfide) groups is 1. The van der Waals surface area contributed by atoms with Crippen LogP contribution in [-0.4, -0.2) is 22.8 Å². The molecule has 0 saturated carbocycles. The van der Waals surface area contributed by atoms with E-state index in [0.29, 0.717) is 5.56 Å². The molecular formula is C9H9F3N4S. The minimum absolute atomic E-state index is 0.0906. The van der Waals surface area contributed by atoms with Crippen molar-refractivity contribution in [1.82, 2.24) is 4.98 Å². The lowest BCUT2D eigenvalue weighted by atomic mass is 10.3. The summed E-state index contributed by atoms with van der Waals surface area (Å²) in [4.78, 5) is 3.83. The van der Waals surface area contributed by atoms with E-state index < -0.39 is 5.51 Å². The summed E-state index contributed by atoms with van der Waals surface area (Å²) in [5.41, 5.74) is 1.87. The lowest BCUT2D eigenvalue weighted by molar-refractivity contribution is -0.0327. The number of hydrogen-bond donors (Lipinski definition) is 2. The van der Waals surface area contributed by atoms with Crippen LogP contribution in [-0.2, 0) is 0 Å². The zero-order chi connectivity index (χ0) is 12.9. The number of alkyl halides is 3. The van der Waals surface area contributed by atoms with Crippen LogP contribution in [0, 0.1) is 11.3 Å². The molecule has 0 bridgehead atoms. The number of nitriles is 1. The molecule has 4 nitrogen and oxygen atoms in total. The van der Waals surface area contributed by atoms with E-state index in [1.165, 1.54) is 12.3 Å². The smallest absolute Gasteiger partial charge is 0.396 e. The highest BCUT2D eigenvalue weighted by Crippen LogP contribution is 2.29. The van der Waals surface area contributed by atoms with Crippen LogP contribution in [0.15, 0.2) is 12.3 Å².